The Bertz CT molecular complexity index is 149. The van der Waals surface area contributed by atoms with Crippen molar-refractivity contribution in [2.45, 2.75) is 34.1 Å². The van der Waals surface area contributed by atoms with E-state index >= 15 is 0 Å². The second kappa shape index (κ2) is 9.98. The van der Waals surface area contributed by atoms with Crippen molar-refractivity contribution in [2.24, 2.45) is 0 Å². The average Bonchev–Trinajstić information content (AvgIpc) is 2.26. The van der Waals surface area contributed by atoms with E-state index in [1.807, 2.05) is 20.8 Å². The van der Waals surface area contributed by atoms with E-state index in [0.717, 1.165) is 12.2 Å². The summed E-state index contributed by atoms with van der Waals surface area (Å²) in [7, 11) is 0.749. The van der Waals surface area contributed by atoms with Gasteiger partial charge in [0.25, 0.3) is 0 Å². The highest BCUT2D eigenvalue weighted by atomic mass is 33.2. The van der Waals surface area contributed by atoms with Gasteiger partial charge in [0.15, 0.2) is 0 Å². The van der Waals surface area contributed by atoms with Crippen LogP contribution in [-0.2, 0) is 13.3 Å². The topological polar surface area (TPSA) is 27.7 Å². The molecule has 0 aliphatic heterocycles. The Morgan fingerprint density at radius 3 is 2.00 bits per heavy atom. The quantitative estimate of drug-likeness (QED) is 0.345. The molecule has 6 heteroatoms. The van der Waals surface area contributed by atoms with Gasteiger partial charge < -0.3 is 13.3 Å². The highest BCUT2D eigenvalue weighted by molar-refractivity contribution is 8.87. The maximum absolute atomic E-state index is 7.08. The third kappa shape index (κ3) is 6.86. The lowest BCUT2D eigenvalue weighted by atomic mass is 10.6. The molecular formula is C9H22O3S2Si. The lowest BCUT2D eigenvalue weighted by molar-refractivity contribution is 0.0971. The van der Waals surface area contributed by atoms with Crippen LogP contribution in [0.5, 0.6) is 0 Å². The van der Waals surface area contributed by atoms with E-state index < -0.39 is 7.95 Å². The Morgan fingerprint density at radius 1 is 1.07 bits per heavy atom. The van der Waals surface area contributed by atoms with Crippen molar-refractivity contribution in [1.29, 1.82) is 0 Å². The zero-order chi connectivity index (χ0) is 12.3. The molecule has 0 aliphatic rings. The van der Waals surface area contributed by atoms with Crippen LogP contribution in [0.15, 0.2) is 0 Å². The fourth-order valence-corrected chi connectivity index (χ4v) is 8.58. The molecule has 3 nitrogen and oxygen atoms in total. The van der Waals surface area contributed by atoms with Crippen LogP contribution in [0.1, 0.15) is 35.5 Å². The molecule has 0 N–H and O–H groups in total. The van der Waals surface area contributed by atoms with Crippen molar-refractivity contribution < 1.29 is 14.6 Å². The summed E-state index contributed by atoms with van der Waals surface area (Å²) in [5, 5.41) is 0. The molecule has 0 radical (unpaired) electrons. The lowest BCUT2D eigenvalue weighted by Gasteiger charge is -2.26. The van der Waals surface area contributed by atoms with Gasteiger partial charge >= 0.3 is 7.95 Å². The number of rotatable bonds is 10. The molecule has 0 atom stereocenters. The molecule has 0 heterocycles. The normalized spacial score (nSPS) is 12.9. The molecule has 0 aromatic heterocycles. The van der Waals surface area contributed by atoms with Gasteiger partial charge in [-0.25, -0.2) is 0 Å². The molecule has 0 aromatic carbocycles. The summed E-state index contributed by atoms with van der Waals surface area (Å²) in [5.41, 5.74) is 0. The monoisotopic (exact) mass is 271 g/mol. The van der Waals surface area contributed by atoms with E-state index in [4.69, 9.17) is 14.6 Å². The lowest BCUT2D eigenvalue weighted by Crippen LogP contribution is -2.42. The van der Waals surface area contributed by atoms with Gasteiger partial charge in [0.2, 0.25) is 0 Å². The maximum atomic E-state index is 7.08. The third-order valence-electron chi connectivity index (χ3n) is 1.35. The summed E-state index contributed by atoms with van der Waals surface area (Å²) >= 11 is 0. The second-order valence-electron chi connectivity index (χ2n) is 2.56. The van der Waals surface area contributed by atoms with Crippen LogP contribution in [0.25, 0.3) is 0 Å². The SMILES string of the molecule is [2H]CCCSS[Si](OCC)(OCC)OCC. The summed E-state index contributed by atoms with van der Waals surface area (Å²) in [6.45, 7) is 8.16. The van der Waals surface area contributed by atoms with Crippen molar-refractivity contribution in [1.82, 2.24) is 0 Å². The van der Waals surface area contributed by atoms with Crippen molar-refractivity contribution in [3.63, 3.8) is 0 Å². The van der Waals surface area contributed by atoms with Gasteiger partial charge in [-0.3, -0.25) is 0 Å². The zero-order valence-electron chi connectivity index (χ0n) is 10.8. The van der Waals surface area contributed by atoms with Crippen LogP contribution >= 0.6 is 21.0 Å². The Hall–Kier alpha value is 0.797. The first kappa shape index (κ1) is 13.9. The minimum Gasteiger partial charge on any atom is -0.365 e. The van der Waals surface area contributed by atoms with E-state index in [-0.39, 0.29) is 0 Å². The van der Waals surface area contributed by atoms with E-state index in [0.29, 0.717) is 26.7 Å². The van der Waals surface area contributed by atoms with Gasteiger partial charge in [0, 0.05) is 26.9 Å². The maximum Gasteiger partial charge on any atom is 0.584 e. The van der Waals surface area contributed by atoms with Crippen LogP contribution in [-0.4, -0.2) is 33.5 Å². The van der Waals surface area contributed by atoms with Crippen molar-refractivity contribution in [2.75, 3.05) is 25.6 Å². The van der Waals surface area contributed by atoms with Crippen molar-refractivity contribution in [3.8, 4) is 0 Å². The van der Waals surface area contributed by atoms with Gasteiger partial charge in [-0.15, -0.1) is 0 Å². The van der Waals surface area contributed by atoms with Gasteiger partial charge in [-0.1, -0.05) is 17.7 Å². The smallest absolute Gasteiger partial charge is 0.365 e. The summed E-state index contributed by atoms with van der Waals surface area (Å²) < 4.78 is 24.1. The molecule has 0 amide bonds. The summed E-state index contributed by atoms with van der Waals surface area (Å²) in [5.74, 6) is 0.941. The molecule has 15 heavy (non-hydrogen) atoms. The van der Waals surface area contributed by atoms with E-state index in [1.165, 1.54) is 0 Å². The summed E-state index contributed by atoms with van der Waals surface area (Å²) in [6, 6.07) is 0. The van der Waals surface area contributed by atoms with Gasteiger partial charge in [0.1, 0.15) is 0 Å². The first-order valence-electron chi connectivity index (χ1n) is 5.97. The third-order valence-corrected chi connectivity index (χ3v) is 9.48. The molecular weight excluding hydrogens is 248 g/mol. The molecule has 0 bridgehead atoms. The van der Waals surface area contributed by atoms with E-state index in [2.05, 4.69) is 0 Å². The molecule has 0 unspecified atom stereocenters. The Kier molecular flexibility index (Phi) is 9.22. The minimum atomic E-state index is -2.53. The van der Waals surface area contributed by atoms with E-state index in [9.17, 15) is 0 Å². The largest absolute Gasteiger partial charge is 0.584 e. The summed E-state index contributed by atoms with van der Waals surface area (Å²) in [4.78, 5) is 0. The Labute approximate surface area is 103 Å². The summed E-state index contributed by atoms with van der Waals surface area (Å²) in [6.07, 6.45) is 0.895. The molecule has 0 rings (SSSR count). The first-order chi connectivity index (χ1) is 7.74. The molecule has 0 aromatic rings. The van der Waals surface area contributed by atoms with Crippen LogP contribution < -0.4 is 0 Å². The standard InChI is InChI=1S/C9H22O3S2Si/c1-5-9-13-14-15(10-6-2,11-7-3)12-8-4/h5-9H2,1-4H3/i1D. The van der Waals surface area contributed by atoms with Crippen molar-refractivity contribution >= 4 is 29.0 Å². The Morgan fingerprint density at radius 2 is 1.60 bits per heavy atom. The first-order valence-corrected chi connectivity index (χ1v) is 10.0. The van der Waals surface area contributed by atoms with Gasteiger partial charge in [-0.05, 0) is 37.4 Å². The molecule has 0 aliphatic carbocycles. The molecule has 0 spiro atoms. The highest BCUT2D eigenvalue weighted by Crippen LogP contribution is 2.35. The van der Waals surface area contributed by atoms with Crippen LogP contribution in [0.3, 0.4) is 0 Å². The second-order valence-corrected chi connectivity index (χ2v) is 9.44. The number of hydrogen-bond acceptors (Lipinski definition) is 5. The zero-order valence-corrected chi connectivity index (χ0v) is 12.4. The fourth-order valence-electron chi connectivity index (χ4n) is 0.900. The molecule has 0 saturated heterocycles. The predicted molar refractivity (Wildman–Crippen MR) is 71.0 cm³/mol. The number of hydrogen-bond donors (Lipinski definition) is 0. The van der Waals surface area contributed by atoms with Crippen molar-refractivity contribution in [3.05, 3.63) is 0 Å². The molecule has 0 saturated carbocycles. The molecule has 0 fully saturated rings. The van der Waals surface area contributed by atoms with E-state index in [1.54, 1.807) is 21.0 Å². The average molecular weight is 271 g/mol. The highest BCUT2D eigenvalue weighted by Gasteiger charge is 2.42. The van der Waals surface area contributed by atoms with Crippen LogP contribution in [0.2, 0.25) is 0 Å². The van der Waals surface area contributed by atoms with Crippen LogP contribution in [0.4, 0.5) is 0 Å². The Balaban J connectivity index is 4.12. The fraction of sp³-hybridized carbons (Fsp3) is 1.00. The van der Waals surface area contributed by atoms with Gasteiger partial charge in [0.05, 0.1) is 0 Å². The van der Waals surface area contributed by atoms with Gasteiger partial charge in [-0.2, -0.15) is 0 Å². The predicted octanol–water partition coefficient (Wildman–Crippen LogP) is 3.32. The molecule has 92 valence electrons. The van der Waals surface area contributed by atoms with Crippen LogP contribution in [0, 0.1) is 0 Å². The minimum absolute atomic E-state index is 0.472.